The van der Waals surface area contributed by atoms with Crippen LogP contribution in [0.1, 0.15) is 23.4 Å². The highest BCUT2D eigenvalue weighted by atomic mass is 16.5. The Hall–Kier alpha value is -1.49. The van der Waals surface area contributed by atoms with E-state index in [1.54, 1.807) is 6.07 Å². The Morgan fingerprint density at radius 2 is 2.44 bits per heavy atom. The number of rotatable bonds is 4. The van der Waals surface area contributed by atoms with E-state index in [0.29, 0.717) is 5.88 Å². The van der Waals surface area contributed by atoms with Gasteiger partial charge >= 0.3 is 5.97 Å². The summed E-state index contributed by atoms with van der Waals surface area (Å²) in [7, 11) is 1.87. The summed E-state index contributed by atoms with van der Waals surface area (Å²) in [5, 5.41) is 8.73. The van der Waals surface area contributed by atoms with Crippen LogP contribution in [0.2, 0.25) is 0 Å². The molecule has 2 heterocycles. The first-order valence-electron chi connectivity index (χ1n) is 5.32. The van der Waals surface area contributed by atoms with Gasteiger partial charge in [-0.25, -0.2) is 4.79 Å². The molecule has 88 valence electrons. The molecule has 5 nitrogen and oxygen atoms in total. The van der Waals surface area contributed by atoms with Gasteiger partial charge in [-0.1, -0.05) is 0 Å². The van der Waals surface area contributed by atoms with Crippen molar-refractivity contribution in [2.24, 2.45) is 0 Å². The first-order chi connectivity index (χ1) is 7.66. The van der Waals surface area contributed by atoms with Crippen LogP contribution in [0.25, 0.3) is 0 Å². The number of likely N-dealkylation sites (N-methyl/N-ethyl adjacent to an activating group) is 1. The van der Waals surface area contributed by atoms with E-state index in [1.165, 1.54) is 6.07 Å². The average Bonchev–Trinajstić information content (AvgIpc) is 2.86. The zero-order valence-electron chi connectivity index (χ0n) is 9.18. The zero-order chi connectivity index (χ0) is 11.5. The Bertz CT molecular complexity index is 368. The standard InChI is InChI=1S/C11H15NO4/c1-12(7-8-3-2-6-15-8)10-5-4-9(16-10)11(13)14/h4-5,8H,2-3,6-7H2,1H3,(H,13,14). The van der Waals surface area contributed by atoms with Crippen molar-refractivity contribution in [2.75, 3.05) is 25.1 Å². The number of carbonyl (C=O) groups is 1. The van der Waals surface area contributed by atoms with Crippen LogP contribution in [0.3, 0.4) is 0 Å². The Labute approximate surface area is 93.6 Å². The lowest BCUT2D eigenvalue weighted by Crippen LogP contribution is -2.28. The van der Waals surface area contributed by atoms with Gasteiger partial charge in [-0.3, -0.25) is 0 Å². The number of carboxylic acid groups (broad SMARTS) is 1. The topological polar surface area (TPSA) is 62.9 Å². The van der Waals surface area contributed by atoms with Crippen LogP contribution in [-0.4, -0.2) is 37.4 Å². The van der Waals surface area contributed by atoms with Crippen LogP contribution >= 0.6 is 0 Å². The highest BCUT2D eigenvalue weighted by Gasteiger charge is 2.19. The van der Waals surface area contributed by atoms with Crippen LogP contribution in [0.15, 0.2) is 16.5 Å². The van der Waals surface area contributed by atoms with Gasteiger partial charge in [0, 0.05) is 26.3 Å². The lowest BCUT2D eigenvalue weighted by Gasteiger charge is -2.19. The third-order valence-corrected chi connectivity index (χ3v) is 2.68. The average molecular weight is 225 g/mol. The first-order valence-corrected chi connectivity index (χ1v) is 5.32. The molecule has 5 heteroatoms. The number of carboxylic acids is 1. The molecule has 0 aliphatic carbocycles. The van der Waals surface area contributed by atoms with Gasteiger partial charge in [-0.15, -0.1) is 0 Å². The van der Waals surface area contributed by atoms with E-state index in [-0.39, 0.29) is 11.9 Å². The van der Waals surface area contributed by atoms with Crippen molar-refractivity contribution in [3.05, 3.63) is 17.9 Å². The second-order valence-corrected chi connectivity index (χ2v) is 3.96. The van der Waals surface area contributed by atoms with Gasteiger partial charge in [0.15, 0.2) is 5.88 Å². The number of aromatic carboxylic acids is 1. The third kappa shape index (κ3) is 2.36. The fourth-order valence-electron chi connectivity index (χ4n) is 1.83. The Balaban J connectivity index is 1.96. The summed E-state index contributed by atoms with van der Waals surface area (Å²) in [6, 6.07) is 3.13. The van der Waals surface area contributed by atoms with Gasteiger partial charge in [-0.05, 0) is 18.9 Å². The van der Waals surface area contributed by atoms with Crippen molar-refractivity contribution >= 4 is 11.9 Å². The highest BCUT2D eigenvalue weighted by Crippen LogP contribution is 2.20. The fourth-order valence-corrected chi connectivity index (χ4v) is 1.83. The molecular weight excluding hydrogens is 210 g/mol. The number of hydrogen-bond donors (Lipinski definition) is 1. The quantitative estimate of drug-likeness (QED) is 0.843. The van der Waals surface area contributed by atoms with Crippen molar-refractivity contribution in [1.82, 2.24) is 0 Å². The molecule has 1 unspecified atom stereocenters. The molecule has 1 aromatic heterocycles. The molecule has 1 atom stereocenters. The van der Waals surface area contributed by atoms with Gasteiger partial charge in [-0.2, -0.15) is 0 Å². The maximum Gasteiger partial charge on any atom is 0.371 e. The molecule has 1 aromatic rings. The third-order valence-electron chi connectivity index (χ3n) is 2.68. The maximum absolute atomic E-state index is 10.6. The summed E-state index contributed by atoms with van der Waals surface area (Å²) in [5.74, 6) is -0.515. The van der Waals surface area contributed by atoms with E-state index >= 15 is 0 Å². The molecule has 1 saturated heterocycles. The number of anilines is 1. The van der Waals surface area contributed by atoms with E-state index in [1.807, 2.05) is 11.9 Å². The lowest BCUT2D eigenvalue weighted by atomic mass is 10.2. The number of nitrogens with zero attached hydrogens (tertiary/aromatic N) is 1. The number of ether oxygens (including phenoxy) is 1. The second-order valence-electron chi connectivity index (χ2n) is 3.96. The Morgan fingerprint density at radius 1 is 1.62 bits per heavy atom. The molecule has 1 fully saturated rings. The predicted octanol–water partition coefficient (Wildman–Crippen LogP) is 1.59. The van der Waals surface area contributed by atoms with Gasteiger partial charge in [0.25, 0.3) is 0 Å². The van der Waals surface area contributed by atoms with E-state index in [9.17, 15) is 4.79 Å². The molecule has 1 N–H and O–H groups in total. The largest absolute Gasteiger partial charge is 0.475 e. The Kier molecular flexibility index (Phi) is 3.14. The summed E-state index contributed by atoms with van der Waals surface area (Å²) in [5.41, 5.74) is 0. The van der Waals surface area contributed by atoms with Gasteiger partial charge in [0.1, 0.15) is 0 Å². The fraction of sp³-hybridized carbons (Fsp3) is 0.545. The van der Waals surface area contributed by atoms with Crippen molar-refractivity contribution in [1.29, 1.82) is 0 Å². The number of furan rings is 1. The lowest BCUT2D eigenvalue weighted by molar-refractivity contribution is 0.0663. The summed E-state index contributed by atoms with van der Waals surface area (Å²) in [4.78, 5) is 12.5. The molecule has 0 spiro atoms. The normalized spacial score (nSPS) is 19.9. The minimum absolute atomic E-state index is 0.0332. The maximum atomic E-state index is 10.6. The van der Waals surface area contributed by atoms with Gasteiger partial charge in [0.2, 0.25) is 5.76 Å². The molecule has 1 aliphatic heterocycles. The summed E-state index contributed by atoms with van der Waals surface area (Å²) >= 11 is 0. The summed E-state index contributed by atoms with van der Waals surface area (Å²) in [6.45, 7) is 1.55. The minimum Gasteiger partial charge on any atom is -0.475 e. The van der Waals surface area contributed by atoms with E-state index in [0.717, 1.165) is 26.0 Å². The molecular formula is C11H15NO4. The molecule has 0 amide bonds. The summed E-state index contributed by atoms with van der Waals surface area (Å²) < 4.78 is 10.7. The first kappa shape index (κ1) is 11.0. The van der Waals surface area contributed by atoms with Gasteiger partial charge < -0.3 is 19.2 Å². The molecule has 2 rings (SSSR count). The molecule has 0 aromatic carbocycles. The molecule has 1 aliphatic rings. The highest BCUT2D eigenvalue weighted by molar-refractivity contribution is 5.84. The van der Waals surface area contributed by atoms with Crippen LogP contribution in [-0.2, 0) is 4.74 Å². The molecule has 0 saturated carbocycles. The molecule has 0 bridgehead atoms. The van der Waals surface area contributed by atoms with Crippen LogP contribution < -0.4 is 4.90 Å². The second kappa shape index (κ2) is 4.57. The van der Waals surface area contributed by atoms with Crippen molar-refractivity contribution in [2.45, 2.75) is 18.9 Å². The number of hydrogen-bond acceptors (Lipinski definition) is 4. The zero-order valence-corrected chi connectivity index (χ0v) is 9.18. The molecule has 16 heavy (non-hydrogen) atoms. The van der Waals surface area contributed by atoms with E-state index < -0.39 is 5.97 Å². The minimum atomic E-state index is -1.04. The smallest absolute Gasteiger partial charge is 0.371 e. The van der Waals surface area contributed by atoms with Crippen LogP contribution in [0.4, 0.5) is 5.88 Å². The van der Waals surface area contributed by atoms with Crippen molar-refractivity contribution in [3.8, 4) is 0 Å². The predicted molar refractivity (Wildman–Crippen MR) is 57.9 cm³/mol. The van der Waals surface area contributed by atoms with Crippen LogP contribution in [0.5, 0.6) is 0 Å². The monoisotopic (exact) mass is 225 g/mol. The van der Waals surface area contributed by atoms with Crippen molar-refractivity contribution < 1.29 is 19.1 Å². The molecule has 0 radical (unpaired) electrons. The van der Waals surface area contributed by atoms with E-state index in [2.05, 4.69) is 0 Å². The Morgan fingerprint density at radius 3 is 3.00 bits per heavy atom. The van der Waals surface area contributed by atoms with E-state index in [4.69, 9.17) is 14.3 Å². The van der Waals surface area contributed by atoms with Gasteiger partial charge in [0.05, 0.1) is 6.10 Å². The SMILES string of the molecule is CN(CC1CCCO1)c1ccc(C(=O)O)o1. The van der Waals surface area contributed by atoms with Crippen LogP contribution in [0, 0.1) is 0 Å². The van der Waals surface area contributed by atoms with Crippen molar-refractivity contribution in [3.63, 3.8) is 0 Å². The summed E-state index contributed by atoms with van der Waals surface area (Å²) in [6.07, 6.45) is 2.37.